The highest BCUT2D eigenvalue weighted by atomic mass is 32.2. The van der Waals surface area contributed by atoms with E-state index in [4.69, 9.17) is 4.74 Å². The molecule has 1 heterocycles. The van der Waals surface area contributed by atoms with Crippen molar-refractivity contribution >= 4 is 23.4 Å². The van der Waals surface area contributed by atoms with Crippen molar-refractivity contribution in [3.05, 3.63) is 105 Å². The zero-order valence-electron chi connectivity index (χ0n) is 20.0. The Morgan fingerprint density at radius 3 is 2.47 bits per heavy atom. The molecule has 1 atom stereocenters. The van der Waals surface area contributed by atoms with Crippen molar-refractivity contribution < 1.29 is 14.5 Å². The maximum absolute atomic E-state index is 12.9. The molecule has 3 aromatic carbocycles. The van der Waals surface area contributed by atoms with Crippen LogP contribution in [0.1, 0.15) is 40.3 Å². The van der Waals surface area contributed by atoms with Crippen LogP contribution in [0, 0.1) is 17.0 Å². The molecule has 1 unspecified atom stereocenters. The molecular weight excluding hydrogens is 478 g/mol. The summed E-state index contributed by atoms with van der Waals surface area (Å²) in [4.78, 5) is 23.6. The maximum Gasteiger partial charge on any atom is 0.269 e. The molecule has 9 nitrogen and oxygen atoms in total. The summed E-state index contributed by atoms with van der Waals surface area (Å²) in [5.41, 5.74) is 3.44. The van der Waals surface area contributed by atoms with Gasteiger partial charge in [0.1, 0.15) is 5.75 Å². The topological polar surface area (TPSA) is 112 Å². The first-order valence-corrected chi connectivity index (χ1v) is 12.2. The van der Waals surface area contributed by atoms with Gasteiger partial charge in [0.2, 0.25) is 0 Å². The van der Waals surface area contributed by atoms with E-state index in [1.165, 1.54) is 29.5 Å². The Kier molecular flexibility index (Phi) is 7.65. The van der Waals surface area contributed by atoms with Crippen LogP contribution >= 0.6 is 11.8 Å². The number of nitro groups is 1. The summed E-state index contributed by atoms with van der Waals surface area (Å²) in [6.45, 7) is 3.86. The molecule has 1 amide bonds. The standard InChI is InChI=1S/C26H25N5O4S/c1-17-5-4-6-19(15-17)16-36-26-29-28-24(30(26)21-9-11-22(12-10-21)31(33)34)18(2)27-25(32)20-7-13-23(35-3)14-8-20/h4-15,18H,16H2,1-3H3,(H,27,32). The molecule has 4 rings (SSSR count). The SMILES string of the molecule is COc1ccc(C(=O)NC(C)c2nnc(SCc3cccc(C)c3)n2-c2ccc([N+](=O)[O-])cc2)cc1. The highest BCUT2D eigenvalue weighted by Gasteiger charge is 2.22. The van der Waals surface area contributed by atoms with Crippen LogP contribution < -0.4 is 10.1 Å². The normalized spacial score (nSPS) is 11.6. The number of nitro benzene ring substituents is 1. The van der Waals surface area contributed by atoms with E-state index < -0.39 is 11.0 Å². The van der Waals surface area contributed by atoms with Crippen molar-refractivity contribution in [2.75, 3.05) is 7.11 Å². The van der Waals surface area contributed by atoms with Gasteiger partial charge in [-0.2, -0.15) is 0 Å². The summed E-state index contributed by atoms with van der Waals surface area (Å²) in [6, 6.07) is 20.7. The van der Waals surface area contributed by atoms with Crippen LogP contribution in [-0.4, -0.2) is 32.7 Å². The van der Waals surface area contributed by atoms with Crippen molar-refractivity contribution in [3.63, 3.8) is 0 Å². The number of nitrogens with zero attached hydrogens (tertiary/aromatic N) is 4. The predicted molar refractivity (Wildman–Crippen MR) is 138 cm³/mol. The monoisotopic (exact) mass is 503 g/mol. The van der Waals surface area contributed by atoms with Crippen LogP contribution in [0.15, 0.2) is 78.0 Å². The van der Waals surface area contributed by atoms with Gasteiger partial charge in [-0.05, 0) is 55.8 Å². The van der Waals surface area contributed by atoms with Gasteiger partial charge in [-0.15, -0.1) is 10.2 Å². The van der Waals surface area contributed by atoms with Gasteiger partial charge in [-0.25, -0.2) is 0 Å². The van der Waals surface area contributed by atoms with E-state index in [0.29, 0.717) is 33.7 Å². The largest absolute Gasteiger partial charge is 0.497 e. The number of nitrogens with one attached hydrogen (secondary N) is 1. The van der Waals surface area contributed by atoms with Gasteiger partial charge in [-0.3, -0.25) is 19.5 Å². The first kappa shape index (κ1) is 24.9. The lowest BCUT2D eigenvalue weighted by molar-refractivity contribution is -0.384. The predicted octanol–water partition coefficient (Wildman–Crippen LogP) is 5.28. The van der Waals surface area contributed by atoms with Gasteiger partial charge in [0, 0.05) is 29.1 Å². The van der Waals surface area contributed by atoms with Gasteiger partial charge in [0.25, 0.3) is 11.6 Å². The Bertz CT molecular complexity index is 1370. The highest BCUT2D eigenvalue weighted by molar-refractivity contribution is 7.98. The second kappa shape index (κ2) is 11.0. The zero-order valence-corrected chi connectivity index (χ0v) is 20.9. The number of aromatic nitrogens is 3. The fraction of sp³-hybridized carbons (Fsp3) is 0.192. The molecule has 0 spiro atoms. The first-order chi connectivity index (χ1) is 17.4. The first-order valence-electron chi connectivity index (χ1n) is 11.2. The molecule has 184 valence electrons. The molecule has 4 aromatic rings. The van der Waals surface area contributed by atoms with E-state index in [-0.39, 0.29) is 11.6 Å². The van der Waals surface area contributed by atoms with Crippen LogP contribution in [0.25, 0.3) is 5.69 Å². The van der Waals surface area contributed by atoms with Crippen molar-refractivity contribution in [3.8, 4) is 11.4 Å². The molecule has 1 N–H and O–H groups in total. The number of carbonyl (C=O) groups excluding carboxylic acids is 1. The number of thioether (sulfide) groups is 1. The van der Waals surface area contributed by atoms with Crippen molar-refractivity contribution in [1.82, 2.24) is 20.1 Å². The molecule has 10 heteroatoms. The van der Waals surface area contributed by atoms with E-state index in [0.717, 1.165) is 5.56 Å². The third-order valence-electron chi connectivity index (χ3n) is 5.51. The van der Waals surface area contributed by atoms with Crippen molar-refractivity contribution in [2.45, 2.75) is 30.8 Å². The number of carbonyl (C=O) groups is 1. The van der Waals surface area contributed by atoms with Gasteiger partial charge in [-0.1, -0.05) is 41.6 Å². The van der Waals surface area contributed by atoms with Gasteiger partial charge in [0.15, 0.2) is 11.0 Å². The molecule has 1 aromatic heterocycles. The van der Waals surface area contributed by atoms with Crippen LogP contribution in [0.3, 0.4) is 0 Å². The third kappa shape index (κ3) is 5.72. The number of amides is 1. The molecule has 0 aliphatic rings. The van der Waals surface area contributed by atoms with E-state index in [2.05, 4.69) is 21.6 Å². The average molecular weight is 504 g/mol. The zero-order chi connectivity index (χ0) is 25.7. The van der Waals surface area contributed by atoms with E-state index in [1.54, 1.807) is 43.5 Å². The smallest absolute Gasteiger partial charge is 0.269 e. The van der Waals surface area contributed by atoms with Crippen LogP contribution in [0.5, 0.6) is 5.75 Å². The maximum atomic E-state index is 12.9. The molecule has 0 fully saturated rings. The van der Waals surface area contributed by atoms with Crippen molar-refractivity contribution in [1.29, 1.82) is 0 Å². The molecule has 0 bridgehead atoms. The van der Waals surface area contributed by atoms with E-state index >= 15 is 0 Å². The Labute approximate surface area is 212 Å². The second-order valence-corrected chi connectivity index (χ2v) is 9.09. The summed E-state index contributed by atoms with van der Waals surface area (Å²) in [5, 5.41) is 23.5. The Balaban J connectivity index is 1.62. The summed E-state index contributed by atoms with van der Waals surface area (Å²) in [5.74, 6) is 1.57. The molecule has 36 heavy (non-hydrogen) atoms. The minimum atomic E-state index is -0.490. The molecule has 0 aliphatic carbocycles. The average Bonchev–Trinajstić information content (AvgIpc) is 3.31. The Morgan fingerprint density at radius 2 is 1.83 bits per heavy atom. The number of hydrogen-bond donors (Lipinski definition) is 1. The molecule has 0 saturated heterocycles. The molecule has 0 radical (unpaired) electrons. The summed E-state index contributed by atoms with van der Waals surface area (Å²) in [6.07, 6.45) is 0. The fourth-order valence-corrected chi connectivity index (χ4v) is 4.56. The summed E-state index contributed by atoms with van der Waals surface area (Å²) in [7, 11) is 1.57. The minimum Gasteiger partial charge on any atom is -0.497 e. The van der Waals surface area contributed by atoms with Gasteiger partial charge in [0.05, 0.1) is 18.1 Å². The molecule has 0 aliphatic heterocycles. The van der Waals surface area contributed by atoms with E-state index in [9.17, 15) is 14.9 Å². The van der Waals surface area contributed by atoms with Gasteiger partial charge >= 0.3 is 0 Å². The Morgan fingerprint density at radius 1 is 1.11 bits per heavy atom. The summed E-state index contributed by atoms with van der Waals surface area (Å²) >= 11 is 1.50. The quantitative estimate of drug-likeness (QED) is 0.188. The second-order valence-electron chi connectivity index (χ2n) is 8.15. The van der Waals surface area contributed by atoms with Gasteiger partial charge < -0.3 is 10.1 Å². The lowest BCUT2D eigenvalue weighted by Gasteiger charge is -2.16. The number of ether oxygens (including phenoxy) is 1. The minimum absolute atomic E-state index is 0.0109. The molecule has 0 saturated carbocycles. The third-order valence-corrected chi connectivity index (χ3v) is 6.51. The number of hydrogen-bond acceptors (Lipinski definition) is 7. The lowest BCUT2D eigenvalue weighted by Crippen LogP contribution is -2.28. The Hall–Kier alpha value is -4.18. The number of benzene rings is 3. The number of methoxy groups -OCH3 is 1. The fourth-order valence-electron chi connectivity index (χ4n) is 3.66. The molecular formula is C26H25N5O4S. The summed E-state index contributed by atoms with van der Waals surface area (Å²) < 4.78 is 6.98. The van der Waals surface area contributed by atoms with Crippen LogP contribution in [0.4, 0.5) is 5.69 Å². The lowest BCUT2D eigenvalue weighted by atomic mass is 10.2. The highest BCUT2D eigenvalue weighted by Crippen LogP contribution is 2.29. The number of rotatable bonds is 9. The number of non-ortho nitro benzene ring substituents is 1. The number of aryl methyl sites for hydroxylation is 1. The van der Waals surface area contributed by atoms with Crippen LogP contribution in [-0.2, 0) is 5.75 Å². The van der Waals surface area contributed by atoms with Crippen LogP contribution in [0.2, 0.25) is 0 Å². The van der Waals surface area contributed by atoms with E-state index in [1.807, 2.05) is 36.6 Å². The van der Waals surface area contributed by atoms with Crippen molar-refractivity contribution in [2.24, 2.45) is 0 Å².